The number of anilines is 1. The first-order valence-electron chi connectivity index (χ1n) is 8.46. The molecule has 1 aromatic heterocycles. The van der Waals surface area contributed by atoms with Crippen molar-refractivity contribution in [2.75, 3.05) is 38.1 Å². The number of pyridine rings is 1. The summed E-state index contributed by atoms with van der Waals surface area (Å²) < 4.78 is 0. The Bertz CT molecular complexity index is 434. The van der Waals surface area contributed by atoms with Crippen LogP contribution in [0.1, 0.15) is 37.7 Å². The number of aromatic nitrogens is 1. The fourth-order valence-corrected chi connectivity index (χ4v) is 3.77. The van der Waals surface area contributed by atoms with Gasteiger partial charge in [0.2, 0.25) is 0 Å². The van der Waals surface area contributed by atoms with Crippen molar-refractivity contribution in [1.82, 2.24) is 15.2 Å². The van der Waals surface area contributed by atoms with E-state index in [1.165, 1.54) is 56.6 Å². The molecule has 0 saturated carbocycles. The van der Waals surface area contributed by atoms with Crippen LogP contribution in [0, 0.1) is 0 Å². The maximum absolute atomic E-state index is 4.63. The van der Waals surface area contributed by atoms with E-state index in [2.05, 4.69) is 26.2 Å². The van der Waals surface area contributed by atoms with Gasteiger partial charge in [-0.05, 0) is 51.9 Å². The van der Waals surface area contributed by atoms with Gasteiger partial charge in [-0.3, -0.25) is 0 Å². The van der Waals surface area contributed by atoms with Gasteiger partial charge in [-0.25, -0.2) is 4.98 Å². The molecule has 21 heavy (non-hydrogen) atoms. The summed E-state index contributed by atoms with van der Waals surface area (Å²) in [4.78, 5) is 9.84. The third kappa shape index (κ3) is 3.55. The second-order valence-corrected chi connectivity index (χ2v) is 6.33. The first-order valence-corrected chi connectivity index (χ1v) is 8.46. The van der Waals surface area contributed by atoms with Gasteiger partial charge in [-0.1, -0.05) is 12.5 Å². The van der Waals surface area contributed by atoms with Gasteiger partial charge >= 0.3 is 0 Å². The highest BCUT2D eigenvalue weighted by Gasteiger charge is 2.26. The SMILES string of the molecule is CNCc1cccnc1N1CCC(N2CCCCC2)CC1. The van der Waals surface area contributed by atoms with Gasteiger partial charge in [0, 0.05) is 37.4 Å². The first-order chi connectivity index (χ1) is 10.4. The van der Waals surface area contributed by atoms with Crippen molar-refractivity contribution in [2.45, 2.75) is 44.7 Å². The average molecular weight is 288 g/mol. The molecule has 4 nitrogen and oxygen atoms in total. The summed E-state index contributed by atoms with van der Waals surface area (Å²) in [6, 6.07) is 5.03. The molecule has 1 N–H and O–H groups in total. The van der Waals surface area contributed by atoms with Crippen molar-refractivity contribution in [3.8, 4) is 0 Å². The second-order valence-electron chi connectivity index (χ2n) is 6.33. The van der Waals surface area contributed by atoms with E-state index >= 15 is 0 Å². The van der Waals surface area contributed by atoms with Crippen molar-refractivity contribution in [3.05, 3.63) is 23.9 Å². The molecule has 2 aliphatic heterocycles. The fraction of sp³-hybridized carbons (Fsp3) is 0.706. The zero-order chi connectivity index (χ0) is 14.5. The van der Waals surface area contributed by atoms with E-state index in [9.17, 15) is 0 Å². The molecule has 0 radical (unpaired) electrons. The van der Waals surface area contributed by atoms with Crippen LogP contribution >= 0.6 is 0 Å². The molecule has 0 atom stereocenters. The number of rotatable bonds is 4. The average Bonchev–Trinajstić information content (AvgIpc) is 2.57. The molecule has 2 fully saturated rings. The zero-order valence-electron chi connectivity index (χ0n) is 13.2. The van der Waals surface area contributed by atoms with Gasteiger partial charge < -0.3 is 15.1 Å². The molecule has 0 aromatic carbocycles. The van der Waals surface area contributed by atoms with E-state index in [-0.39, 0.29) is 0 Å². The van der Waals surface area contributed by atoms with Crippen LogP contribution in [-0.4, -0.2) is 49.2 Å². The van der Waals surface area contributed by atoms with Crippen LogP contribution in [0.5, 0.6) is 0 Å². The van der Waals surface area contributed by atoms with Crippen LogP contribution in [0.15, 0.2) is 18.3 Å². The predicted octanol–water partition coefficient (Wildman–Crippen LogP) is 2.26. The number of nitrogens with zero attached hydrogens (tertiary/aromatic N) is 3. The first kappa shape index (κ1) is 14.8. The van der Waals surface area contributed by atoms with E-state index in [1.807, 2.05) is 19.3 Å². The third-order valence-electron chi connectivity index (χ3n) is 4.91. The second kappa shape index (κ2) is 7.23. The van der Waals surface area contributed by atoms with Crippen LogP contribution in [0.4, 0.5) is 5.82 Å². The van der Waals surface area contributed by atoms with Gasteiger partial charge in [0.15, 0.2) is 0 Å². The van der Waals surface area contributed by atoms with Crippen molar-refractivity contribution in [3.63, 3.8) is 0 Å². The summed E-state index contributed by atoms with van der Waals surface area (Å²) in [5.74, 6) is 1.18. The molecule has 4 heteroatoms. The van der Waals surface area contributed by atoms with Crippen LogP contribution in [0.2, 0.25) is 0 Å². The third-order valence-corrected chi connectivity index (χ3v) is 4.91. The Kier molecular flexibility index (Phi) is 5.09. The lowest BCUT2D eigenvalue weighted by Crippen LogP contribution is -2.47. The quantitative estimate of drug-likeness (QED) is 0.921. The highest BCUT2D eigenvalue weighted by molar-refractivity contribution is 5.47. The predicted molar refractivity (Wildman–Crippen MR) is 87.7 cm³/mol. The Hall–Kier alpha value is -1.13. The molecule has 2 saturated heterocycles. The van der Waals surface area contributed by atoms with Gasteiger partial charge in [-0.2, -0.15) is 0 Å². The topological polar surface area (TPSA) is 31.4 Å². The van der Waals surface area contributed by atoms with Crippen LogP contribution in [0.25, 0.3) is 0 Å². The Morgan fingerprint density at radius 2 is 1.90 bits per heavy atom. The number of hydrogen-bond acceptors (Lipinski definition) is 4. The summed E-state index contributed by atoms with van der Waals surface area (Å²) in [5.41, 5.74) is 1.32. The summed E-state index contributed by atoms with van der Waals surface area (Å²) in [5, 5.41) is 3.25. The molecule has 0 aliphatic carbocycles. The van der Waals surface area contributed by atoms with Crippen molar-refractivity contribution >= 4 is 5.82 Å². The normalized spacial score (nSPS) is 21.7. The highest BCUT2D eigenvalue weighted by atomic mass is 15.2. The lowest BCUT2D eigenvalue weighted by Gasteiger charge is -2.41. The van der Waals surface area contributed by atoms with E-state index in [0.29, 0.717) is 0 Å². The molecule has 116 valence electrons. The van der Waals surface area contributed by atoms with Gasteiger partial charge in [0.05, 0.1) is 0 Å². The van der Waals surface area contributed by atoms with Gasteiger partial charge in [0.25, 0.3) is 0 Å². The Balaban J connectivity index is 1.60. The van der Waals surface area contributed by atoms with E-state index < -0.39 is 0 Å². The van der Waals surface area contributed by atoms with E-state index in [1.54, 1.807) is 0 Å². The molecule has 0 spiro atoms. The Morgan fingerprint density at radius 1 is 1.14 bits per heavy atom. The monoisotopic (exact) mass is 288 g/mol. The lowest BCUT2D eigenvalue weighted by atomic mass is 9.99. The van der Waals surface area contributed by atoms with Crippen LogP contribution in [0.3, 0.4) is 0 Å². The van der Waals surface area contributed by atoms with Gasteiger partial charge in [-0.15, -0.1) is 0 Å². The van der Waals surface area contributed by atoms with Crippen molar-refractivity contribution in [1.29, 1.82) is 0 Å². The summed E-state index contributed by atoms with van der Waals surface area (Å²) >= 11 is 0. The number of likely N-dealkylation sites (tertiary alicyclic amines) is 1. The van der Waals surface area contributed by atoms with Crippen molar-refractivity contribution < 1.29 is 0 Å². The molecular weight excluding hydrogens is 260 g/mol. The number of hydrogen-bond donors (Lipinski definition) is 1. The summed E-state index contributed by atoms with van der Waals surface area (Å²) in [7, 11) is 2.00. The van der Waals surface area contributed by atoms with Crippen LogP contribution in [-0.2, 0) is 6.54 Å². The summed E-state index contributed by atoms with van der Waals surface area (Å²) in [6.45, 7) is 5.83. The molecule has 0 bridgehead atoms. The summed E-state index contributed by atoms with van der Waals surface area (Å²) in [6.07, 6.45) is 8.71. The maximum Gasteiger partial charge on any atom is 0.133 e. The van der Waals surface area contributed by atoms with Crippen LogP contribution < -0.4 is 10.2 Å². The molecule has 1 aromatic rings. The standard InChI is InChI=1S/C17H28N4/c1-18-14-15-6-5-9-19-17(15)21-12-7-16(8-13-21)20-10-3-2-4-11-20/h5-6,9,16,18H,2-4,7-8,10-14H2,1H3. The Morgan fingerprint density at radius 3 is 2.62 bits per heavy atom. The molecular formula is C17H28N4. The molecule has 3 heterocycles. The van der Waals surface area contributed by atoms with E-state index in [4.69, 9.17) is 0 Å². The lowest BCUT2D eigenvalue weighted by molar-refractivity contribution is 0.141. The molecule has 2 aliphatic rings. The number of nitrogens with one attached hydrogen (secondary N) is 1. The minimum atomic E-state index is 0.804. The number of piperidine rings is 2. The molecule has 3 rings (SSSR count). The minimum Gasteiger partial charge on any atom is -0.356 e. The minimum absolute atomic E-state index is 0.804. The smallest absolute Gasteiger partial charge is 0.133 e. The fourth-order valence-electron chi connectivity index (χ4n) is 3.77. The maximum atomic E-state index is 4.63. The van der Waals surface area contributed by atoms with E-state index in [0.717, 1.165) is 25.7 Å². The Labute approximate surface area is 128 Å². The van der Waals surface area contributed by atoms with Crippen molar-refractivity contribution in [2.24, 2.45) is 0 Å². The molecule has 0 amide bonds. The van der Waals surface area contributed by atoms with Gasteiger partial charge in [0.1, 0.15) is 5.82 Å². The highest BCUT2D eigenvalue weighted by Crippen LogP contribution is 2.25. The molecule has 0 unspecified atom stereocenters. The zero-order valence-corrected chi connectivity index (χ0v) is 13.2. The largest absolute Gasteiger partial charge is 0.356 e.